The maximum Gasteiger partial charge on any atom is 0.335 e. The molecule has 0 saturated heterocycles. The number of carbonyl (C=O) groups is 1. The fourth-order valence-electron chi connectivity index (χ4n) is 2.39. The van der Waals surface area contributed by atoms with E-state index in [0.29, 0.717) is 17.5 Å². The zero-order valence-corrected chi connectivity index (χ0v) is 13.9. The van der Waals surface area contributed by atoms with Crippen LogP contribution in [0.25, 0.3) is 0 Å². The quantitative estimate of drug-likeness (QED) is 0.645. The molecule has 6 nitrogen and oxygen atoms in total. The Labute approximate surface area is 145 Å². The second kappa shape index (κ2) is 7.00. The number of benzene rings is 2. The highest BCUT2D eigenvalue weighted by Gasteiger charge is 2.06. The second-order valence-electron chi connectivity index (χ2n) is 5.63. The van der Waals surface area contributed by atoms with Crippen molar-refractivity contribution in [1.82, 2.24) is 9.97 Å². The molecule has 3 rings (SSSR count). The van der Waals surface area contributed by atoms with Crippen LogP contribution >= 0.6 is 0 Å². The van der Waals surface area contributed by atoms with Crippen molar-refractivity contribution >= 4 is 29.0 Å². The highest BCUT2D eigenvalue weighted by atomic mass is 16.4. The number of anilines is 4. The number of aryl methyl sites for hydroxylation is 2. The van der Waals surface area contributed by atoms with Crippen LogP contribution in [-0.2, 0) is 0 Å². The topological polar surface area (TPSA) is 87.1 Å². The largest absolute Gasteiger partial charge is 0.478 e. The normalized spacial score (nSPS) is 10.3. The van der Waals surface area contributed by atoms with Crippen molar-refractivity contribution in [2.24, 2.45) is 0 Å². The molecule has 2 aromatic carbocycles. The molecule has 1 aromatic heterocycles. The lowest BCUT2D eigenvalue weighted by atomic mass is 10.2. The molecule has 25 heavy (non-hydrogen) atoms. The van der Waals surface area contributed by atoms with E-state index in [2.05, 4.69) is 20.6 Å². The lowest BCUT2D eigenvalue weighted by Gasteiger charge is -2.12. The van der Waals surface area contributed by atoms with Crippen LogP contribution in [0, 0.1) is 13.8 Å². The van der Waals surface area contributed by atoms with Crippen molar-refractivity contribution in [3.8, 4) is 0 Å². The van der Waals surface area contributed by atoms with Crippen LogP contribution in [0.1, 0.15) is 21.7 Å². The van der Waals surface area contributed by atoms with Gasteiger partial charge >= 0.3 is 5.97 Å². The number of aromatic nitrogens is 2. The number of carboxylic acid groups (broad SMARTS) is 1. The predicted molar refractivity (Wildman–Crippen MR) is 97.9 cm³/mol. The Bertz CT molecular complexity index is 908. The molecule has 0 aliphatic heterocycles. The maximum absolute atomic E-state index is 10.9. The van der Waals surface area contributed by atoms with Gasteiger partial charge in [0.1, 0.15) is 17.5 Å². The van der Waals surface area contributed by atoms with Crippen LogP contribution in [0.2, 0.25) is 0 Å². The summed E-state index contributed by atoms with van der Waals surface area (Å²) in [6.45, 7) is 3.85. The van der Waals surface area contributed by atoms with Crippen molar-refractivity contribution in [1.29, 1.82) is 0 Å². The van der Waals surface area contributed by atoms with E-state index >= 15 is 0 Å². The molecule has 3 N–H and O–H groups in total. The fraction of sp³-hybridized carbons (Fsp3) is 0.105. The summed E-state index contributed by atoms with van der Waals surface area (Å²) in [6, 6.07) is 16.3. The van der Waals surface area contributed by atoms with Crippen molar-refractivity contribution in [3.05, 3.63) is 71.5 Å². The first kappa shape index (κ1) is 16.4. The molecule has 0 aliphatic rings. The fourth-order valence-corrected chi connectivity index (χ4v) is 2.39. The average Bonchev–Trinajstić information content (AvgIpc) is 2.57. The summed E-state index contributed by atoms with van der Waals surface area (Å²) < 4.78 is 0. The minimum atomic E-state index is -0.950. The Morgan fingerprint density at radius 1 is 0.920 bits per heavy atom. The standard InChI is InChI=1S/C19H18N4O2/c1-12-5-3-4-6-16(12)23-18-11-17(20-13(2)21-18)22-15-9-7-14(8-10-15)19(24)25/h3-11H,1-2H3,(H,24,25)(H2,20,21,22,23). The highest BCUT2D eigenvalue weighted by Crippen LogP contribution is 2.22. The molecule has 0 fully saturated rings. The SMILES string of the molecule is Cc1nc(Nc2ccc(C(=O)O)cc2)cc(Nc2ccccc2C)n1. The molecule has 0 amide bonds. The van der Waals surface area contributed by atoms with E-state index in [-0.39, 0.29) is 5.56 Å². The van der Waals surface area contributed by atoms with Gasteiger partial charge in [-0.1, -0.05) is 18.2 Å². The second-order valence-corrected chi connectivity index (χ2v) is 5.63. The van der Waals surface area contributed by atoms with E-state index in [1.165, 1.54) is 0 Å². The van der Waals surface area contributed by atoms with Gasteiger partial charge < -0.3 is 15.7 Å². The zero-order valence-electron chi connectivity index (χ0n) is 13.9. The molecular weight excluding hydrogens is 316 g/mol. The summed E-state index contributed by atoms with van der Waals surface area (Å²) in [5.41, 5.74) is 3.10. The Hall–Kier alpha value is -3.41. The van der Waals surface area contributed by atoms with Crippen molar-refractivity contribution in [2.75, 3.05) is 10.6 Å². The van der Waals surface area contributed by atoms with Crippen LogP contribution in [0.4, 0.5) is 23.0 Å². The summed E-state index contributed by atoms with van der Waals surface area (Å²) in [6.07, 6.45) is 0. The third kappa shape index (κ3) is 4.11. The van der Waals surface area contributed by atoms with Gasteiger partial charge in [-0.05, 0) is 49.7 Å². The van der Waals surface area contributed by atoms with E-state index in [1.807, 2.05) is 44.2 Å². The number of hydrogen-bond donors (Lipinski definition) is 3. The number of aromatic carboxylic acids is 1. The van der Waals surface area contributed by atoms with E-state index in [4.69, 9.17) is 5.11 Å². The lowest BCUT2D eigenvalue weighted by molar-refractivity contribution is 0.0697. The third-order valence-corrected chi connectivity index (χ3v) is 3.65. The van der Waals surface area contributed by atoms with Crippen LogP contribution in [0.5, 0.6) is 0 Å². The van der Waals surface area contributed by atoms with Crippen molar-refractivity contribution in [2.45, 2.75) is 13.8 Å². The minimum absolute atomic E-state index is 0.242. The van der Waals surface area contributed by atoms with Gasteiger partial charge in [0.2, 0.25) is 0 Å². The van der Waals surface area contributed by atoms with Crippen LogP contribution in [0.3, 0.4) is 0 Å². The van der Waals surface area contributed by atoms with E-state index in [9.17, 15) is 4.79 Å². The smallest absolute Gasteiger partial charge is 0.335 e. The monoisotopic (exact) mass is 334 g/mol. The Balaban J connectivity index is 1.81. The first-order valence-corrected chi connectivity index (χ1v) is 7.80. The first-order valence-electron chi connectivity index (χ1n) is 7.80. The van der Waals surface area contributed by atoms with Gasteiger partial charge in [-0.3, -0.25) is 0 Å². The molecule has 0 atom stereocenters. The summed E-state index contributed by atoms with van der Waals surface area (Å²) in [5, 5.41) is 15.4. The van der Waals surface area contributed by atoms with Gasteiger partial charge in [0, 0.05) is 17.4 Å². The summed E-state index contributed by atoms with van der Waals surface area (Å²) in [4.78, 5) is 19.7. The summed E-state index contributed by atoms with van der Waals surface area (Å²) >= 11 is 0. The molecule has 0 aliphatic carbocycles. The molecule has 0 unspecified atom stereocenters. The summed E-state index contributed by atoms with van der Waals surface area (Å²) in [5.74, 6) is 0.996. The predicted octanol–water partition coefficient (Wildman–Crippen LogP) is 4.28. The molecule has 0 radical (unpaired) electrons. The van der Waals surface area contributed by atoms with Gasteiger partial charge in [0.15, 0.2) is 0 Å². The zero-order chi connectivity index (χ0) is 17.8. The van der Waals surface area contributed by atoms with Gasteiger partial charge in [-0.25, -0.2) is 14.8 Å². The van der Waals surface area contributed by atoms with Crippen molar-refractivity contribution in [3.63, 3.8) is 0 Å². The van der Waals surface area contributed by atoms with Gasteiger partial charge in [-0.15, -0.1) is 0 Å². The molecule has 0 saturated carbocycles. The van der Waals surface area contributed by atoms with Gasteiger partial charge in [0.25, 0.3) is 0 Å². The molecule has 3 aromatic rings. The number of rotatable bonds is 5. The van der Waals surface area contributed by atoms with E-state index in [0.717, 1.165) is 16.9 Å². The molecule has 6 heteroatoms. The number of nitrogens with one attached hydrogen (secondary N) is 2. The van der Waals surface area contributed by atoms with E-state index < -0.39 is 5.97 Å². The Morgan fingerprint density at radius 3 is 2.20 bits per heavy atom. The Morgan fingerprint density at radius 2 is 1.56 bits per heavy atom. The number of nitrogens with zero attached hydrogens (tertiary/aromatic N) is 2. The first-order chi connectivity index (χ1) is 12.0. The van der Waals surface area contributed by atoms with Gasteiger partial charge in [0.05, 0.1) is 5.56 Å². The molecule has 0 spiro atoms. The lowest BCUT2D eigenvalue weighted by Crippen LogP contribution is -2.02. The average molecular weight is 334 g/mol. The van der Waals surface area contributed by atoms with Gasteiger partial charge in [-0.2, -0.15) is 0 Å². The van der Waals surface area contributed by atoms with Crippen LogP contribution in [0.15, 0.2) is 54.6 Å². The van der Waals surface area contributed by atoms with Crippen LogP contribution < -0.4 is 10.6 Å². The maximum atomic E-state index is 10.9. The third-order valence-electron chi connectivity index (χ3n) is 3.65. The van der Waals surface area contributed by atoms with Crippen LogP contribution in [-0.4, -0.2) is 21.0 Å². The Kier molecular flexibility index (Phi) is 4.61. The highest BCUT2D eigenvalue weighted by molar-refractivity contribution is 5.88. The molecular formula is C19H18N4O2. The summed E-state index contributed by atoms with van der Waals surface area (Å²) in [7, 11) is 0. The minimum Gasteiger partial charge on any atom is -0.478 e. The molecule has 0 bridgehead atoms. The number of carboxylic acids is 1. The number of para-hydroxylation sites is 1. The number of hydrogen-bond acceptors (Lipinski definition) is 5. The molecule has 126 valence electrons. The van der Waals surface area contributed by atoms with E-state index in [1.54, 1.807) is 24.3 Å². The molecule has 1 heterocycles. The van der Waals surface area contributed by atoms with Crippen molar-refractivity contribution < 1.29 is 9.90 Å².